The summed E-state index contributed by atoms with van der Waals surface area (Å²) in [6, 6.07) is 16.8. The predicted molar refractivity (Wildman–Crippen MR) is 122 cm³/mol. The molecule has 0 saturated carbocycles. The van der Waals surface area contributed by atoms with Crippen molar-refractivity contribution in [1.82, 2.24) is 0 Å². The first-order valence-electron chi connectivity index (χ1n) is 9.90. The Balaban J connectivity index is 2.03. The number of non-ortho nitro benzene ring substituents is 1. The van der Waals surface area contributed by atoms with Crippen molar-refractivity contribution in [3.8, 4) is 5.75 Å². The number of nitro benzene ring substituents is 1. The number of hydrogen-bond donors (Lipinski definition) is 0. The Morgan fingerprint density at radius 3 is 2.18 bits per heavy atom. The van der Waals surface area contributed by atoms with Crippen molar-refractivity contribution in [2.24, 2.45) is 0 Å². The van der Waals surface area contributed by atoms with E-state index in [-0.39, 0.29) is 21.7 Å². The van der Waals surface area contributed by atoms with Crippen molar-refractivity contribution in [2.45, 2.75) is 23.5 Å². The fourth-order valence-corrected chi connectivity index (χ4v) is 4.89. The number of Topliss-reactive ketones (excluding diaryl/α,β-unsaturated/α-hetero) is 2. The van der Waals surface area contributed by atoms with Crippen LogP contribution in [0.1, 0.15) is 32.7 Å². The minimum atomic E-state index is -4.25. The molecule has 0 aliphatic rings. The van der Waals surface area contributed by atoms with E-state index in [1.807, 2.05) is 0 Å². The van der Waals surface area contributed by atoms with Crippen molar-refractivity contribution in [2.75, 3.05) is 7.11 Å². The lowest BCUT2D eigenvalue weighted by molar-refractivity contribution is -0.384. The number of nitrogens with zero attached hydrogens (tertiary/aromatic N) is 1. The number of aryl methyl sites for hydroxylation is 1. The van der Waals surface area contributed by atoms with E-state index in [4.69, 9.17) is 4.74 Å². The minimum Gasteiger partial charge on any atom is -0.497 e. The second-order valence-corrected chi connectivity index (χ2v) is 9.50. The molecule has 3 aromatic rings. The molecule has 0 radical (unpaired) electrons. The molecule has 9 heteroatoms. The average Bonchev–Trinajstić information content (AvgIpc) is 2.82. The molecule has 0 spiro atoms. The van der Waals surface area contributed by atoms with E-state index >= 15 is 0 Å². The molecule has 0 bridgehead atoms. The molecule has 33 heavy (non-hydrogen) atoms. The van der Waals surface area contributed by atoms with Gasteiger partial charge >= 0.3 is 0 Å². The maximum absolute atomic E-state index is 13.4. The van der Waals surface area contributed by atoms with Crippen LogP contribution >= 0.6 is 0 Å². The van der Waals surface area contributed by atoms with E-state index in [9.17, 15) is 28.1 Å². The molecule has 170 valence electrons. The van der Waals surface area contributed by atoms with Crippen LogP contribution in [-0.4, -0.2) is 37.3 Å². The number of ketones is 2. The van der Waals surface area contributed by atoms with Crippen LogP contribution in [0.4, 0.5) is 5.69 Å². The van der Waals surface area contributed by atoms with Crippen LogP contribution in [0.2, 0.25) is 0 Å². The summed E-state index contributed by atoms with van der Waals surface area (Å²) in [7, 11) is -2.79. The van der Waals surface area contributed by atoms with Gasteiger partial charge in [0.1, 0.15) is 11.0 Å². The van der Waals surface area contributed by atoms with Gasteiger partial charge < -0.3 is 4.74 Å². The van der Waals surface area contributed by atoms with Crippen molar-refractivity contribution in [3.05, 3.63) is 99.6 Å². The van der Waals surface area contributed by atoms with E-state index < -0.39 is 38.0 Å². The lowest BCUT2D eigenvalue weighted by atomic mass is 10.0. The van der Waals surface area contributed by atoms with Crippen molar-refractivity contribution < 1.29 is 27.7 Å². The van der Waals surface area contributed by atoms with E-state index in [2.05, 4.69) is 0 Å². The molecule has 0 aliphatic heterocycles. The van der Waals surface area contributed by atoms with Gasteiger partial charge in [0.15, 0.2) is 21.4 Å². The Kier molecular flexibility index (Phi) is 7.03. The molecular formula is C24H21NO7S. The summed E-state index contributed by atoms with van der Waals surface area (Å²) < 4.78 is 31.9. The van der Waals surface area contributed by atoms with Gasteiger partial charge in [0.25, 0.3) is 5.69 Å². The first-order chi connectivity index (χ1) is 15.6. The summed E-state index contributed by atoms with van der Waals surface area (Å²) in [6.45, 7) is 1.79. The smallest absolute Gasteiger partial charge is 0.270 e. The van der Waals surface area contributed by atoms with Gasteiger partial charge in [0.05, 0.1) is 16.9 Å². The predicted octanol–water partition coefficient (Wildman–Crippen LogP) is 4.21. The number of sulfone groups is 1. The molecule has 3 rings (SSSR count). The second-order valence-electron chi connectivity index (χ2n) is 7.37. The lowest BCUT2D eigenvalue weighted by Crippen LogP contribution is -2.33. The van der Waals surface area contributed by atoms with Gasteiger partial charge in [-0.15, -0.1) is 0 Å². The number of hydrogen-bond acceptors (Lipinski definition) is 7. The summed E-state index contributed by atoms with van der Waals surface area (Å²) >= 11 is 0. The van der Waals surface area contributed by atoms with Gasteiger partial charge in [-0.3, -0.25) is 19.7 Å². The van der Waals surface area contributed by atoms with E-state index in [0.717, 1.165) is 11.6 Å². The summed E-state index contributed by atoms with van der Waals surface area (Å²) in [5.41, 5.74) is 0.582. The molecule has 0 saturated heterocycles. The van der Waals surface area contributed by atoms with Crippen LogP contribution in [0.3, 0.4) is 0 Å². The highest BCUT2D eigenvalue weighted by Gasteiger charge is 2.36. The lowest BCUT2D eigenvalue weighted by Gasteiger charge is -2.17. The van der Waals surface area contributed by atoms with Crippen LogP contribution in [0, 0.1) is 17.0 Å². The van der Waals surface area contributed by atoms with Crippen molar-refractivity contribution >= 4 is 27.1 Å². The van der Waals surface area contributed by atoms with Crippen molar-refractivity contribution in [3.63, 3.8) is 0 Å². The monoisotopic (exact) mass is 467 g/mol. The highest BCUT2D eigenvalue weighted by molar-refractivity contribution is 7.92. The van der Waals surface area contributed by atoms with Gasteiger partial charge in [-0.1, -0.05) is 29.8 Å². The highest BCUT2D eigenvalue weighted by Crippen LogP contribution is 2.26. The topological polar surface area (TPSA) is 121 Å². The Bertz CT molecular complexity index is 1300. The number of nitro groups is 1. The molecule has 0 unspecified atom stereocenters. The van der Waals surface area contributed by atoms with E-state index in [1.54, 1.807) is 19.1 Å². The Hall–Kier alpha value is -3.85. The van der Waals surface area contributed by atoms with Crippen LogP contribution in [-0.2, 0) is 9.84 Å². The zero-order chi connectivity index (χ0) is 24.2. The number of ether oxygens (including phenoxy) is 1. The van der Waals surface area contributed by atoms with E-state index in [1.165, 1.54) is 61.7 Å². The van der Waals surface area contributed by atoms with E-state index in [0.29, 0.717) is 5.75 Å². The normalized spacial score (nSPS) is 12.1. The molecule has 0 aromatic heterocycles. The summed E-state index contributed by atoms with van der Waals surface area (Å²) in [6.07, 6.45) is -0.664. The Morgan fingerprint density at radius 2 is 1.61 bits per heavy atom. The molecular weight excluding hydrogens is 446 g/mol. The van der Waals surface area contributed by atoms with Gasteiger partial charge in [-0.25, -0.2) is 8.42 Å². The standard InChI is InChI=1S/C24H21NO7S/c1-16-6-12-21(13-7-16)33(30,31)23(24(27)17-8-10-20(32-2)11-9-17)15-22(26)18-4-3-5-19(14-18)25(28)29/h3-14,23H,15H2,1-2H3/t23-/m1/s1. The third-order valence-electron chi connectivity index (χ3n) is 5.14. The van der Waals surface area contributed by atoms with Gasteiger partial charge in [-0.05, 0) is 43.3 Å². The zero-order valence-electron chi connectivity index (χ0n) is 17.9. The van der Waals surface area contributed by atoms with Gasteiger partial charge in [0, 0.05) is 29.7 Å². The number of methoxy groups -OCH3 is 1. The van der Waals surface area contributed by atoms with Crippen LogP contribution in [0.5, 0.6) is 5.75 Å². The molecule has 0 aliphatic carbocycles. The molecule has 0 N–H and O–H groups in total. The molecule has 8 nitrogen and oxygen atoms in total. The Morgan fingerprint density at radius 1 is 0.970 bits per heavy atom. The molecule has 1 atom stereocenters. The maximum Gasteiger partial charge on any atom is 0.270 e. The minimum absolute atomic E-state index is 0.0455. The fourth-order valence-electron chi connectivity index (χ4n) is 3.26. The second kappa shape index (κ2) is 9.74. The van der Waals surface area contributed by atoms with Gasteiger partial charge in [0.2, 0.25) is 0 Å². The molecule has 0 fully saturated rings. The maximum atomic E-state index is 13.4. The summed E-state index contributed by atoms with van der Waals surface area (Å²) in [5.74, 6) is -0.963. The third-order valence-corrected chi connectivity index (χ3v) is 7.20. The zero-order valence-corrected chi connectivity index (χ0v) is 18.7. The third kappa shape index (κ3) is 5.32. The van der Waals surface area contributed by atoms with Crippen LogP contribution in [0.15, 0.2) is 77.7 Å². The molecule has 3 aromatic carbocycles. The number of benzene rings is 3. The van der Waals surface area contributed by atoms with Crippen molar-refractivity contribution in [1.29, 1.82) is 0 Å². The van der Waals surface area contributed by atoms with Crippen LogP contribution in [0.25, 0.3) is 0 Å². The summed E-state index contributed by atoms with van der Waals surface area (Å²) in [4.78, 5) is 36.5. The van der Waals surface area contributed by atoms with Crippen LogP contribution < -0.4 is 4.74 Å². The molecule has 0 amide bonds. The Labute approximate surface area is 190 Å². The number of carbonyl (C=O) groups is 2. The number of carbonyl (C=O) groups excluding carboxylic acids is 2. The molecule has 0 heterocycles. The number of rotatable bonds is 9. The average molecular weight is 467 g/mol. The largest absolute Gasteiger partial charge is 0.497 e. The quantitative estimate of drug-likeness (QED) is 0.262. The summed E-state index contributed by atoms with van der Waals surface area (Å²) in [5, 5.41) is 9.34. The van der Waals surface area contributed by atoms with Gasteiger partial charge in [-0.2, -0.15) is 0 Å². The first-order valence-corrected chi connectivity index (χ1v) is 11.4. The fraction of sp³-hybridized carbons (Fsp3) is 0.167. The highest BCUT2D eigenvalue weighted by atomic mass is 32.2. The first kappa shape index (κ1) is 23.8. The SMILES string of the molecule is COc1ccc(C(=O)[C@@H](CC(=O)c2cccc([N+](=O)[O-])c2)S(=O)(=O)c2ccc(C)cc2)cc1.